The number of ether oxygens (including phenoxy) is 1. The van der Waals surface area contributed by atoms with Gasteiger partial charge in [0, 0.05) is 4.47 Å². The van der Waals surface area contributed by atoms with Gasteiger partial charge >= 0.3 is 5.97 Å². The summed E-state index contributed by atoms with van der Waals surface area (Å²) in [7, 11) is 1.32. The first-order chi connectivity index (χ1) is 7.20. The highest BCUT2D eigenvalue weighted by atomic mass is 79.9. The number of methoxy groups -OCH3 is 1. The minimum absolute atomic E-state index is 0.215. The SMILES string of the molecule is COC(=O)c1cnc2cc(Br)ccc2n1. The molecule has 4 nitrogen and oxygen atoms in total. The lowest BCUT2D eigenvalue weighted by Crippen LogP contribution is -2.04. The lowest BCUT2D eigenvalue weighted by Gasteiger charge is -2.00. The molecule has 2 rings (SSSR count). The zero-order chi connectivity index (χ0) is 10.8. The van der Waals surface area contributed by atoms with Crippen molar-refractivity contribution in [3.8, 4) is 0 Å². The van der Waals surface area contributed by atoms with Crippen LogP contribution in [0.25, 0.3) is 11.0 Å². The van der Waals surface area contributed by atoms with Crippen LogP contribution in [0.5, 0.6) is 0 Å². The van der Waals surface area contributed by atoms with Gasteiger partial charge in [0.05, 0.1) is 24.3 Å². The Kier molecular flexibility index (Phi) is 2.64. The van der Waals surface area contributed by atoms with E-state index in [-0.39, 0.29) is 5.69 Å². The highest BCUT2D eigenvalue weighted by Gasteiger charge is 2.08. The van der Waals surface area contributed by atoms with Gasteiger partial charge in [-0.3, -0.25) is 4.98 Å². The third kappa shape index (κ3) is 1.97. The predicted molar refractivity (Wildman–Crippen MR) is 58.6 cm³/mol. The molecule has 1 aromatic carbocycles. The minimum atomic E-state index is -0.479. The second-order valence-electron chi connectivity index (χ2n) is 2.88. The van der Waals surface area contributed by atoms with E-state index >= 15 is 0 Å². The Bertz CT molecular complexity index is 528. The van der Waals surface area contributed by atoms with Crippen LogP contribution in [0.2, 0.25) is 0 Å². The smallest absolute Gasteiger partial charge is 0.358 e. The van der Waals surface area contributed by atoms with Crippen molar-refractivity contribution in [3.63, 3.8) is 0 Å². The van der Waals surface area contributed by atoms with Crippen LogP contribution < -0.4 is 0 Å². The maximum absolute atomic E-state index is 11.2. The number of halogens is 1. The molecule has 0 aliphatic rings. The number of esters is 1. The summed E-state index contributed by atoms with van der Waals surface area (Å²) < 4.78 is 5.48. The maximum atomic E-state index is 11.2. The molecule has 0 fully saturated rings. The van der Waals surface area contributed by atoms with Crippen molar-refractivity contribution in [3.05, 3.63) is 34.6 Å². The van der Waals surface area contributed by atoms with Crippen LogP contribution in [-0.4, -0.2) is 23.0 Å². The summed E-state index contributed by atoms with van der Waals surface area (Å²) in [6.07, 6.45) is 1.40. The maximum Gasteiger partial charge on any atom is 0.358 e. The molecule has 0 aliphatic carbocycles. The normalized spacial score (nSPS) is 10.3. The minimum Gasteiger partial charge on any atom is -0.464 e. The Hall–Kier alpha value is -1.49. The Morgan fingerprint density at radius 2 is 2.20 bits per heavy atom. The van der Waals surface area contributed by atoms with Gasteiger partial charge in [-0.2, -0.15) is 0 Å². The number of nitrogens with zero attached hydrogens (tertiary/aromatic N) is 2. The fourth-order valence-corrected chi connectivity index (χ4v) is 1.54. The fraction of sp³-hybridized carbons (Fsp3) is 0.100. The van der Waals surface area contributed by atoms with E-state index in [1.165, 1.54) is 13.3 Å². The zero-order valence-electron chi connectivity index (χ0n) is 7.90. The molecule has 0 unspecified atom stereocenters. The predicted octanol–water partition coefficient (Wildman–Crippen LogP) is 2.18. The number of fused-ring (bicyclic) bond motifs is 1. The third-order valence-corrected chi connectivity index (χ3v) is 2.39. The highest BCUT2D eigenvalue weighted by Crippen LogP contribution is 2.16. The van der Waals surface area contributed by atoms with Crippen LogP contribution in [0, 0.1) is 0 Å². The van der Waals surface area contributed by atoms with E-state index in [0.29, 0.717) is 5.52 Å². The first-order valence-corrected chi connectivity index (χ1v) is 5.00. The molecule has 0 bridgehead atoms. The van der Waals surface area contributed by atoms with E-state index < -0.39 is 5.97 Å². The second kappa shape index (κ2) is 3.94. The summed E-state index contributed by atoms with van der Waals surface area (Å²) in [5.41, 5.74) is 1.62. The summed E-state index contributed by atoms with van der Waals surface area (Å²) >= 11 is 3.33. The Morgan fingerprint density at radius 3 is 2.93 bits per heavy atom. The molecule has 0 amide bonds. The number of rotatable bonds is 1. The summed E-state index contributed by atoms with van der Waals surface area (Å²) in [5, 5.41) is 0. The van der Waals surface area contributed by atoms with Crippen molar-refractivity contribution in [1.82, 2.24) is 9.97 Å². The van der Waals surface area contributed by atoms with Crippen molar-refractivity contribution < 1.29 is 9.53 Å². The van der Waals surface area contributed by atoms with Gasteiger partial charge < -0.3 is 4.74 Å². The van der Waals surface area contributed by atoms with E-state index in [4.69, 9.17) is 0 Å². The molecular weight excluding hydrogens is 260 g/mol. The Labute approximate surface area is 94.4 Å². The number of benzene rings is 1. The van der Waals surface area contributed by atoms with E-state index in [1.807, 2.05) is 12.1 Å². The molecule has 0 radical (unpaired) electrons. The summed E-state index contributed by atoms with van der Waals surface area (Å²) in [4.78, 5) is 19.4. The quantitative estimate of drug-likeness (QED) is 0.743. The summed E-state index contributed by atoms with van der Waals surface area (Å²) in [6.45, 7) is 0. The van der Waals surface area contributed by atoms with Crippen molar-refractivity contribution in [1.29, 1.82) is 0 Å². The van der Waals surface area contributed by atoms with Gasteiger partial charge in [0.2, 0.25) is 0 Å². The van der Waals surface area contributed by atoms with Crippen LogP contribution in [0.1, 0.15) is 10.5 Å². The molecule has 0 aliphatic heterocycles. The summed E-state index contributed by atoms with van der Waals surface area (Å²) in [5.74, 6) is -0.479. The van der Waals surface area contributed by atoms with E-state index in [0.717, 1.165) is 9.99 Å². The monoisotopic (exact) mass is 266 g/mol. The molecule has 1 heterocycles. The molecule has 0 saturated heterocycles. The number of hydrogen-bond acceptors (Lipinski definition) is 4. The molecule has 5 heteroatoms. The average molecular weight is 267 g/mol. The standard InChI is InChI=1S/C10H7BrN2O2/c1-15-10(14)9-5-12-8-4-6(11)2-3-7(8)13-9/h2-5H,1H3. The van der Waals surface area contributed by atoms with Gasteiger partial charge in [0.1, 0.15) is 0 Å². The van der Waals surface area contributed by atoms with Crippen molar-refractivity contribution in [2.24, 2.45) is 0 Å². The third-order valence-electron chi connectivity index (χ3n) is 1.90. The molecular formula is C10H7BrN2O2. The molecule has 0 N–H and O–H groups in total. The Morgan fingerprint density at radius 1 is 1.40 bits per heavy atom. The van der Waals surface area contributed by atoms with E-state index in [2.05, 4.69) is 30.6 Å². The number of aromatic nitrogens is 2. The largest absolute Gasteiger partial charge is 0.464 e. The topological polar surface area (TPSA) is 52.1 Å². The van der Waals surface area contributed by atoms with Crippen LogP contribution in [-0.2, 0) is 4.74 Å². The number of carbonyl (C=O) groups excluding carboxylic acids is 1. The molecule has 15 heavy (non-hydrogen) atoms. The Balaban J connectivity index is 2.57. The van der Waals surface area contributed by atoms with Crippen LogP contribution in [0.4, 0.5) is 0 Å². The van der Waals surface area contributed by atoms with Crippen molar-refractivity contribution in [2.45, 2.75) is 0 Å². The molecule has 1 aromatic heterocycles. The number of carbonyl (C=O) groups is 1. The van der Waals surface area contributed by atoms with Crippen LogP contribution >= 0.6 is 15.9 Å². The van der Waals surface area contributed by atoms with Gasteiger partial charge in [0.25, 0.3) is 0 Å². The fourth-order valence-electron chi connectivity index (χ4n) is 1.19. The van der Waals surface area contributed by atoms with Gasteiger partial charge in [-0.25, -0.2) is 9.78 Å². The van der Waals surface area contributed by atoms with Gasteiger partial charge in [-0.05, 0) is 18.2 Å². The molecule has 0 spiro atoms. The van der Waals surface area contributed by atoms with Gasteiger partial charge in [-0.1, -0.05) is 15.9 Å². The summed E-state index contributed by atoms with van der Waals surface area (Å²) in [6, 6.07) is 5.47. The van der Waals surface area contributed by atoms with Crippen LogP contribution in [0.3, 0.4) is 0 Å². The lowest BCUT2D eigenvalue weighted by molar-refractivity contribution is 0.0594. The molecule has 0 atom stereocenters. The van der Waals surface area contributed by atoms with Gasteiger partial charge in [-0.15, -0.1) is 0 Å². The number of hydrogen-bond donors (Lipinski definition) is 0. The first kappa shape index (κ1) is 10.0. The molecule has 2 aromatic rings. The van der Waals surface area contributed by atoms with E-state index in [9.17, 15) is 4.79 Å². The average Bonchev–Trinajstić information content (AvgIpc) is 2.27. The zero-order valence-corrected chi connectivity index (χ0v) is 9.48. The first-order valence-electron chi connectivity index (χ1n) is 4.21. The van der Waals surface area contributed by atoms with Crippen molar-refractivity contribution in [2.75, 3.05) is 7.11 Å². The second-order valence-corrected chi connectivity index (χ2v) is 3.80. The van der Waals surface area contributed by atoms with E-state index in [1.54, 1.807) is 6.07 Å². The van der Waals surface area contributed by atoms with Crippen molar-refractivity contribution >= 4 is 32.9 Å². The van der Waals surface area contributed by atoms with Crippen LogP contribution in [0.15, 0.2) is 28.9 Å². The molecule has 0 saturated carbocycles. The van der Waals surface area contributed by atoms with Gasteiger partial charge in [0.15, 0.2) is 5.69 Å². The molecule has 76 valence electrons. The highest BCUT2D eigenvalue weighted by molar-refractivity contribution is 9.10. The lowest BCUT2D eigenvalue weighted by atomic mass is 10.3.